The molecule has 0 amide bonds. The van der Waals surface area contributed by atoms with Crippen molar-refractivity contribution in [2.24, 2.45) is 27.2 Å². The molecule has 8 nitrogen and oxygen atoms in total. The van der Waals surface area contributed by atoms with Crippen molar-refractivity contribution in [1.29, 1.82) is 5.26 Å². The van der Waals surface area contributed by atoms with E-state index in [4.69, 9.17) is 32.5 Å². The van der Waals surface area contributed by atoms with Crippen molar-refractivity contribution >= 4 is 30.2 Å². The van der Waals surface area contributed by atoms with Crippen LogP contribution in [0.15, 0.2) is 28.2 Å². The third kappa shape index (κ3) is 3.48. The fraction of sp³-hybridized carbons (Fsp3) is 0. The highest BCUT2D eigenvalue weighted by molar-refractivity contribution is 6.60. The zero-order valence-electron chi connectivity index (χ0n) is 9.28. The van der Waals surface area contributed by atoms with Gasteiger partial charge in [0, 0.05) is 5.46 Å². The van der Waals surface area contributed by atoms with Crippen LogP contribution in [-0.2, 0) is 0 Å². The summed E-state index contributed by atoms with van der Waals surface area (Å²) in [5.74, 6) is -0.536. The largest absolute Gasteiger partial charge is 0.490 e. The summed E-state index contributed by atoms with van der Waals surface area (Å²) in [6, 6.07) is 6.00. The molecule has 0 aliphatic heterocycles. The molecule has 1 aromatic rings. The Morgan fingerprint density at radius 1 is 1.28 bits per heavy atom. The van der Waals surface area contributed by atoms with Crippen LogP contribution in [0.5, 0.6) is 0 Å². The number of guanidine groups is 2. The standard InChI is InChI=1S/C9H11BN6O2/c11-4-5-1-2-6(10(17)18)7(3-5)15-9(14)16-8(12)13/h1-3,17-18H,(H6,12,13,14,15,16). The Hall–Kier alpha value is -2.57. The first-order valence-electron chi connectivity index (χ1n) is 4.78. The summed E-state index contributed by atoms with van der Waals surface area (Å²) in [6.45, 7) is 0. The number of benzene rings is 1. The van der Waals surface area contributed by atoms with Gasteiger partial charge < -0.3 is 27.2 Å². The average Bonchev–Trinajstić information content (AvgIpc) is 2.27. The molecular formula is C9H11BN6O2. The van der Waals surface area contributed by atoms with Crippen molar-refractivity contribution in [3.05, 3.63) is 23.8 Å². The summed E-state index contributed by atoms with van der Waals surface area (Å²) in [5, 5.41) is 27.0. The molecule has 0 atom stereocenters. The molecule has 0 saturated carbocycles. The van der Waals surface area contributed by atoms with Crippen molar-refractivity contribution in [3.63, 3.8) is 0 Å². The van der Waals surface area contributed by atoms with Gasteiger partial charge in [0.05, 0.1) is 17.3 Å². The third-order valence-corrected chi connectivity index (χ3v) is 1.92. The van der Waals surface area contributed by atoms with Crippen LogP contribution in [0.4, 0.5) is 5.69 Å². The predicted octanol–water partition coefficient (Wildman–Crippen LogP) is -2.54. The second kappa shape index (κ2) is 5.67. The maximum Gasteiger partial charge on any atom is 0.490 e. The maximum atomic E-state index is 9.14. The van der Waals surface area contributed by atoms with E-state index < -0.39 is 7.12 Å². The molecule has 0 fully saturated rings. The van der Waals surface area contributed by atoms with Gasteiger partial charge in [0.25, 0.3) is 0 Å². The number of nitriles is 1. The van der Waals surface area contributed by atoms with E-state index in [0.29, 0.717) is 0 Å². The fourth-order valence-electron chi connectivity index (χ4n) is 1.21. The van der Waals surface area contributed by atoms with Crippen LogP contribution < -0.4 is 22.7 Å². The van der Waals surface area contributed by atoms with Crippen molar-refractivity contribution in [2.45, 2.75) is 0 Å². The second-order valence-electron chi connectivity index (χ2n) is 3.27. The lowest BCUT2D eigenvalue weighted by Gasteiger charge is -2.05. The number of aliphatic imine (C=N–C) groups is 2. The van der Waals surface area contributed by atoms with Crippen molar-refractivity contribution < 1.29 is 10.0 Å². The lowest BCUT2D eigenvalue weighted by molar-refractivity contribution is 0.426. The Morgan fingerprint density at radius 2 is 1.94 bits per heavy atom. The summed E-state index contributed by atoms with van der Waals surface area (Å²) in [7, 11) is -1.75. The molecule has 0 aromatic heterocycles. The van der Waals surface area contributed by atoms with Crippen LogP contribution in [0.3, 0.4) is 0 Å². The van der Waals surface area contributed by atoms with E-state index in [1.165, 1.54) is 18.2 Å². The van der Waals surface area contributed by atoms with Gasteiger partial charge in [-0.05, 0) is 12.1 Å². The quantitative estimate of drug-likeness (QED) is 0.219. The lowest BCUT2D eigenvalue weighted by Crippen LogP contribution is -2.31. The molecule has 92 valence electrons. The minimum atomic E-state index is -1.75. The molecule has 9 heteroatoms. The molecule has 1 rings (SSSR count). The van der Waals surface area contributed by atoms with Crippen LogP contribution in [0.1, 0.15) is 5.56 Å². The Bertz CT molecular complexity index is 544. The van der Waals surface area contributed by atoms with Crippen LogP contribution in [0.2, 0.25) is 0 Å². The first-order chi connectivity index (χ1) is 8.43. The number of nitrogens with two attached hydrogens (primary N) is 3. The monoisotopic (exact) mass is 246 g/mol. The van der Waals surface area contributed by atoms with Gasteiger partial charge in [-0.3, -0.25) is 0 Å². The molecular weight excluding hydrogens is 235 g/mol. The topological polar surface area (TPSA) is 167 Å². The summed E-state index contributed by atoms with van der Waals surface area (Å²) in [6.07, 6.45) is 0. The highest BCUT2D eigenvalue weighted by Gasteiger charge is 2.16. The number of hydrogen-bond acceptors (Lipinski definition) is 4. The van der Waals surface area contributed by atoms with E-state index in [9.17, 15) is 0 Å². The molecule has 0 bridgehead atoms. The second-order valence-corrected chi connectivity index (χ2v) is 3.27. The molecule has 0 saturated heterocycles. The maximum absolute atomic E-state index is 9.14. The summed E-state index contributed by atoms with van der Waals surface area (Å²) < 4.78 is 0. The lowest BCUT2D eigenvalue weighted by atomic mass is 9.78. The predicted molar refractivity (Wildman–Crippen MR) is 68.1 cm³/mol. The van der Waals surface area contributed by atoms with Crippen LogP contribution in [0.25, 0.3) is 0 Å². The first kappa shape index (κ1) is 13.5. The molecule has 0 spiro atoms. The Morgan fingerprint density at radius 3 is 2.44 bits per heavy atom. The van der Waals surface area contributed by atoms with E-state index in [1.54, 1.807) is 0 Å². The highest BCUT2D eigenvalue weighted by atomic mass is 16.4. The molecule has 0 aliphatic rings. The highest BCUT2D eigenvalue weighted by Crippen LogP contribution is 2.12. The van der Waals surface area contributed by atoms with E-state index in [1.807, 2.05) is 6.07 Å². The number of rotatable bonds is 2. The molecule has 8 N–H and O–H groups in total. The van der Waals surface area contributed by atoms with Crippen LogP contribution in [-0.4, -0.2) is 29.1 Å². The normalized spacial score (nSPS) is 10.6. The Balaban J connectivity index is 3.29. The van der Waals surface area contributed by atoms with Crippen molar-refractivity contribution in [2.75, 3.05) is 0 Å². The minimum Gasteiger partial charge on any atom is -0.423 e. The van der Waals surface area contributed by atoms with Gasteiger partial charge in [-0.2, -0.15) is 10.3 Å². The zero-order chi connectivity index (χ0) is 13.7. The Labute approximate surface area is 103 Å². The van der Waals surface area contributed by atoms with E-state index >= 15 is 0 Å². The zero-order valence-corrected chi connectivity index (χ0v) is 9.28. The summed E-state index contributed by atoms with van der Waals surface area (Å²) >= 11 is 0. The molecule has 0 heterocycles. The first-order valence-corrected chi connectivity index (χ1v) is 4.78. The van der Waals surface area contributed by atoms with Gasteiger partial charge in [-0.1, -0.05) is 6.07 Å². The fourth-order valence-corrected chi connectivity index (χ4v) is 1.21. The molecule has 18 heavy (non-hydrogen) atoms. The van der Waals surface area contributed by atoms with Gasteiger partial charge in [0.1, 0.15) is 0 Å². The van der Waals surface area contributed by atoms with Gasteiger partial charge in [-0.25, -0.2) is 4.99 Å². The number of nitrogens with zero attached hydrogens (tertiary/aromatic N) is 3. The Kier molecular flexibility index (Phi) is 4.25. The van der Waals surface area contributed by atoms with E-state index in [-0.39, 0.29) is 28.6 Å². The molecule has 0 unspecified atom stereocenters. The average molecular weight is 246 g/mol. The molecule has 1 aromatic carbocycles. The van der Waals surface area contributed by atoms with Crippen LogP contribution in [0, 0.1) is 11.3 Å². The van der Waals surface area contributed by atoms with Gasteiger partial charge >= 0.3 is 7.12 Å². The van der Waals surface area contributed by atoms with E-state index in [0.717, 1.165) is 0 Å². The van der Waals surface area contributed by atoms with E-state index in [2.05, 4.69) is 9.98 Å². The molecule has 0 aliphatic carbocycles. The van der Waals surface area contributed by atoms with Crippen molar-refractivity contribution in [3.8, 4) is 6.07 Å². The van der Waals surface area contributed by atoms with Crippen molar-refractivity contribution in [1.82, 2.24) is 0 Å². The summed E-state index contributed by atoms with van der Waals surface area (Å²) in [5.41, 5.74) is 16.1. The van der Waals surface area contributed by atoms with Crippen LogP contribution >= 0.6 is 0 Å². The molecule has 0 radical (unpaired) electrons. The van der Waals surface area contributed by atoms with Gasteiger partial charge in [-0.15, -0.1) is 0 Å². The SMILES string of the molecule is N#Cc1ccc(B(O)O)c(N=C(N)N=C(N)N)c1. The van der Waals surface area contributed by atoms with Gasteiger partial charge in [0.15, 0.2) is 5.96 Å². The smallest absolute Gasteiger partial charge is 0.423 e. The van der Waals surface area contributed by atoms with Gasteiger partial charge in [0.2, 0.25) is 5.96 Å². The number of hydrogen-bond donors (Lipinski definition) is 5. The summed E-state index contributed by atoms with van der Waals surface area (Å²) in [4.78, 5) is 7.29. The minimum absolute atomic E-state index is 0.0859. The third-order valence-electron chi connectivity index (χ3n) is 1.92.